The number of amidine groups is 4. The molecule has 24 nitrogen and oxygen atoms in total. The molecule has 0 amide bonds. The molecule has 654 valence electrons. The highest BCUT2D eigenvalue weighted by Gasteiger charge is 2.42. The van der Waals surface area contributed by atoms with Crippen molar-refractivity contribution in [2.75, 3.05) is 41.9 Å². The third-order valence-corrected chi connectivity index (χ3v) is 39.4. The largest absolute Gasteiger partial charge is 0.383 e. The lowest BCUT2D eigenvalue weighted by molar-refractivity contribution is 0.580. The van der Waals surface area contributed by atoms with E-state index in [-0.39, 0.29) is 73.8 Å². The van der Waals surface area contributed by atoms with E-state index in [1.807, 2.05) is 152 Å². The second-order valence-electron chi connectivity index (χ2n) is 27.5. The Kier molecular flexibility index (Phi) is 29.4. The number of benzene rings is 12. The van der Waals surface area contributed by atoms with Gasteiger partial charge in [0.1, 0.15) is 23.3 Å². The fourth-order valence-corrected chi connectivity index (χ4v) is 29.9. The molecule has 0 saturated carbocycles. The number of anilines is 4. The molecule has 4 heterocycles. The summed E-state index contributed by atoms with van der Waals surface area (Å²) in [5, 5.41) is 35.6. The summed E-state index contributed by atoms with van der Waals surface area (Å²) in [5.41, 5.74) is 28.5. The van der Waals surface area contributed by atoms with Crippen LogP contribution in [0.4, 0.5) is 22.7 Å². The van der Waals surface area contributed by atoms with E-state index in [2.05, 4.69) is 9.44 Å². The van der Waals surface area contributed by atoms with Crippen molar-refractivity contribution in [2.24, 2.45) is 22.9 Å². The number of rotatable bonds is 27. The molecule has 12 aromatic carbocycles. The molecule has 0 aliphatic carbocycles. The third kappa shape index (κ3) is 21.0. The summed E-state index contributed by atoms with van der Waals surface area (Å²) >= 11 is 9.89. The first-order chi connectivity index (χ1) is 61.1. The Labute approximate surface area is 774 Å². The number of nitrogen functional groups attached to an aromatic ring is 4. The average molecular weight is 1970 g/mol. The van der Waals surface area contributed by atoms with Crippen LogP contribution in [0.5, 0.6) is 0 Å². The van der Waals surface area contributed by atoms with Crippen LogP contribution in [0.25, 0.3) is 65.7 Å². The molecule has 0 atom stereocenters. The van der Waals surface area contributed by atoms with Gasteiger partial charge in [0.15, 0.2) is 0 Å². The molecule has 0 radical (unpaired) electrons. The van der Waals surface area contributed by atoms with Crippen LogP contribution in [-0.2, 0) is 60.1 Å². The first-order valence-electron chi connectivity index (χ1n) is 37.7. The van der Waals surface area contributed by atoms with Gasteiger partial charge in [-0.15, -0.1) is 92.4 Å². The molecule has 0 bridgehead atoms. The minimum Gasteiger partial charge on any atom is -0.383 e. The van der Waals surface area contributed by atoms with Crippen LogP contribution < -0.4 is 39.8 Å². The molecule has 0 unspecified atom stereocenters. The van der Waals surface area contributed by atoms with Crippen molar-refractivity contribution in [1.82, 2.24) is 0 Å². The molecule has 0 aliphatic heterocycles. The first-order valence-corrected chi connectivity index (χ1v) is 54.6. The highest BCUT2D eigenvalue weighted by molar-refractivity contribution is 8.11. The van der Waals surface area contributed by atoms with Gasteiger partial charge >= 0.3 is 0 Å². The van der Waals surface area contributed by atoms with Crippen LogP contribution in [0.2, 0.25) is 0 Å². The van der Waals surface area contributed by atoms with Gasteiger partial charge < -0.3 is 22.9 Å². The molecule has 128 heavy (non-hydrogen) atoms. The fourth-order valence-electron chi connectivity index (χ4n) is 12.9. The van der Waals surface area contributed by atoms with E-state index in [9.17, 15) is 50.5 Å². The zero-order valence-electron chi connectivity index (χ0n) is 67.8. The normalized spacial score (nSPS) is 11.7. The SMILES string of the molecule is CSc1sc(C(=N)N)cc1N(S(=O)(=O)c1ccc(-c2ccccc2)cc1)S(=O)(=O)c1ccc(-c2ccccc2)cc1.CSc1sc(C(=N)N)cc1N(S(=O)(=O)c1ccc2ccccc2c1)S(=O)(=O)c1ccc2ccccc2c1.CSc1sc(C(=N)N)cc1NS(=O)(=O)c1ccc(-c2ccccc2)cc1.CSc1sc(C(=N)N)cc1NS(=O)(=O)c1ccc2ccccc2c1. The Hall–Kier alpha value is -11.6. The van der Waals surface area contributed by atoms with Crippen molar-refractivity contribution in [2.45, 2.75) is 46.2 Å². The van der Waals surface area contributed by atoms with E-state index in [0.717, 1.165) is 86.0 Å². The monoisotopic (exact) mass is 1970 g/mol. The molecule has 16 aromatic rings. The second kappa shape index (κ2) is 40.0. The van der Waals surface area contributed by atoms with E-state index in [1.165, 1.54) is 130 Å². The predicted octanol–water partition coefficient (Wildman–Crippen LogP) is 20.2. The van der Waals surface area contributed by atoms with Gasteiger partial charge in [-0.05, 0) is 188 Å². The number of thiophene rings is 4. The molecule has 16 rings (SSSR count). The molecular formula is C90H78N12O12S14. The zero-order chi connectivity index (χ0) is 91.6. The summed E-state index contributed by atoms with van der Waals surface area (Å²) in [6.07, 6.45) is 7.12. The maximum Gasteiger partial charge on any atom is 0.277 e. The van der Waals surface area contributed by atoms with Crippen LogP contribution in [0.1, 0.15) is 19.5 Å². The molecular weight excluding hydrogens is 1890 g/mol. The summed E-state index contributed by atoms with van der Waals surface area (Å²) in [4.78, 5) is 1.26. The number of nitrogens with one attached hydrogen (secondary N) is 6. The summed E-state index contributed by atoms with van der Waals surface area (Å²) in [6.45, 7) is 0. The maximum absolute atomic E-state index is 14.2. The summed E-state index contributed by atoms with van der Waals surface area (Å²) < 4.78 is 173. The van der Waals surface area contributed by atoms with Gasteiger partial charge in [-0.2, -0.15) is 7.42 Å². The standard InChI is InChI=1S/C30H25N3O4S4.C26H21N3O4S4.C18H17N3O2S3.C16H15N3O2S3/c1-38-30-27(20-28(39-30)29(31)32)33(40(34,35)25-16-12-23(13-17-25)21-8-4-2-5-9-21)41(36,37)26-18-14-24(15-19-26)22-10-6-3-7-11-22;1-34-26-23(16-24(35-26)25(27)28)29(36(30,31)21-12-10-17-6-2-4-8-19(17)14-21)37(32,33)22-13-11-18-7-3-5-9-20(18)15-22;1-24-18-15(11-16(25-18)17(19)20)21-26(22,23)14-9-7-13(8-10-14)12-5-3-2-4-6-12;1-22-16-13(9-14(23-16)15(17)18)19-24(20,21)12-7-6-10-4-2-3-5-11(10)8-12/h2-20H,1H3,(H3,31,32);2-16H,1H3,(H3,27,28);2-11,21H,1H3,(H3,19,20);2-9,19H,1H3,(H3,17,18). The Morgan fingerprint density at radius 1 is 0.258 bits per heavy atom. The van der Waals surface area contributed by atoms with Gasteiger partial charge in [-0.1, -0.05) is 218 Å². The van der Waals surface area contributed by atoms with Gasteiger partial charge in [0.25, 0.3) is 60.1 Å². The Bertz CT molecular complexity index is 7400. The van der Waals surface area contributed by atoms with Crippen LogP contribution in [0.15, 0.2) is 362 Å². The van der Waals surface area contributed by atoms with Crippen molar-refractivity contribution in [3.63, 3.8) is 0 Å². The van der Waals surface area contributed by atoms with Gasteiger partial charge in [0.05, 0.1) is 88.5 Å². The Morgan fingerprint density at radius 3 is 0.781 bits per heavy atom. The van der Waals surface area contributed by atoms with Crippen molar-refractivity contribution >= 4 is 231 Å². The van der Waals surface area contributed by atoms with E-state index < -0.39 is 60.1 Å². The van der Waals surface area contributed by atoms with E-state index in [1.54, 1.807) is 128 Å². The van der Waals surface area contributed by atoms with Crippen LogP contribution >= 0.6 is 92.4 Å². The molecule has 0 aliphatic rings. The molecule has 4 aromatic heterocycles. The van der Waals surface area contributed by atoms with Crippen LogP contribution in [-0.4, -0.2) is 98.9 Å². The van der Waals surface area contributed by atoms with Gasteiger partial charge in [0, 0.05) is 0 Å². The summed E-state index contributed by atoms with van der Waals surface area (Å²) in [6, 6.07) is 89.5. The number of sulfonamides is 6. The number of nitrogens with two attached hydrogens (primary N) is 4. The number of hydrogen-bond acceptors (Lipinski definition) is 24. The van der Waals surface area contributed by atoms with E-state index in [0.29, 0.717) is 47.7 Å². The number of fused-ring (bicyclic) bond motifs is 3. The minimum atomic E-state index is -4.64. The topological polar surface area (TPSA) is 435 Å². The molecule has 38 heteroatoms. The van der Waals surface area contributed by atoms with Crippen LogP contribution in [0.3, 0.4) is 0 Å². The van der Waals surface area contributed by atoms with Gasteiger partial charge in [0.2, 0.25) is 0 Å². The summed E-state index contributed by atoms with van der Waals surface area (Å²) in [7, 11) is -26.0. The number of thioether (sulfide) groups is 4. The van der Waals surface area contributed by atoms with Gasteiger partial charge in [-0.3, -0.25) is 31.1 Å². The lowest BCUT2D eigenvalue weighted by atomic mass is 10.1. The fraction of sp³-hybridized carbons (Fsp3) is 0.0444. The lowest BCUT2D eigenvalue weighted by Gasteiger charge is -2.24. The Morgan fingerprint density at radius 2 is 0.484 bits per heavy atom. The Balaban J connectivity index is 0.000000149. The highest BCUT2D eigenvalue weighted by atomic mass is 32.3. The summed E-state index contributed by atoms with van der Waals surface area (Å²) in [5.74, 6) is -0.724. The quantitative estimate of drug-likeness (QED) is 0.0130. The van der Waals surface area contributed by atoms with E-state index in [4.69, 9.17) is 44.6 Å². The van der Waals surface area contributed by atoms with Gasteiger partial charge in [-0.25, -0.2) is 50.5 Å². The number of hydrogen-bond donors (Lipinski definition) is 10. The highest BCUT2D eigenvalue weighted by Crippen LogP contribution is 2.46. The molecule has 0 saturated heterocycles. The maximum atomic E-state index is 14.2. The van der Waals surface area contributed by atoms with Crippen molar-refractivity contribution in [3.05, 3.63) is 335 Å². The lowest BCUT2D eigenvalue weighted by Crippen LogP contribution is -2.37. The van der Waals surface area contributed by atoms with Crippen LogP contribution in [0, 0.1) is 21.6 Å². The zero-order valence-corrected chi connectivity index (χ0v) is 79.3. The molecule has 0 fully saturated rings. The van der Waals surface area contributed by atoms with E-state index >= 15 is 0 Å². The molecule has 14 N–H and O–H groups in total. The van der Waals surface area contributed by atoms with Crippen molar-refractivity contribution in [3.8, 4) is 33.4 Å². The average Bonchev–Trinajstić information content (AvgIpc) is 1.38. The second-order valence-corrected chi connectivity index (χ2v) is 47.0. The third-order valence-electron chi connectivity index (χ3n) is 19.2. The number of nitrogens with zero attached hydrogens (tertiary/aromatic N) is 2. The van der Waals surface area contributed by atoms with Crippen molar-refractivity contribution < 1.29 is 50.5 Å². The van der Waals surface area contributed by atoms with Crippen molar-refractivity contribution in [1.29, 1.82) is 21.6 Å². The first kappa shape index (κ1) is 94.0. The smallest absolute Gasteiger partial charge is 0.277 e. The minimum absolute atomic E-state index is 0.0657. The molecule has 0 spiro atoms. The predicted molar refractivity (Wildman–Crippen MR) is 531 cm³/mol.